The first kappa shape index (κ1) is 14.2. The van der Waals surface area contributed by atoms with Crippen molar-refractivity contribution in [2.45, 2.75) is 13.0 Å². The van der Waals surface area contributed by atoms with Gasteiger partial charge in [-0.3, -0.25) is 10.8 Å². The van der Waals surface area contributed by atoms with E-state index in [0.717, 1.165) is 26.4 Å². The van der Waals surface area contributed by atoms with Gasteiger partial charge in [0.1, 0.15) is 0 Å². The molecule has 0 spiro atoms. The number of aryl methyl sites for hydroxylation is 1. The van der Waals surface area contributed by atoms with Crippen molar-refractivity contribution in [2.24, 2.45) is 5.84 Å². The van der Waals surface area contributed by atoms with Gasteiger partial charge in [-0.25, -0.2) is 5.43 Å². The topological polar surface area (TPSA) is 50.9 Å². The van der Waals surface area contributed by atoms with Crippen molar-refractivity contribution in [3.05, 3.63) is 76.0 Å². The van der Waals surface area contributed by atoms with E-state index in [2.05, 4.69) is 63.6 Å². The van der Waals surface area contributed by atoms with E-state index in [1.54, 1.807) is 6.20 Å². The third-order valence-electron chi connectivity index (χ3n) is 3.66. The van der Waals surface area contributed by atoms with Crippen LogP contribution in [-0.2, 0) is 0 Å². The van der Waals surface area contributed by atoms with Crippen LogP contribution in [0.25, 0.3) is 10.8 Å². The molecule has 106 valence electrons. The predicted molar refractivity (Wildman–Crippen MR) is 89.8 cm³/mol. The molecule has 1 atom stereocenters. The van der Waals surface area contributed by atoms with Crippen molar-refractivity contribution in [3.8, 4) is 0 Å². The zero-order valence-corrected chi connectivity index (χ0v) is 13.3. The Morgan fingerprint density at radius 3 is 2.76 bits per heavy atom. The Kier molecular flexibility index (Phi) is 4.01. The molecular weight excluding hydrogens is 326 g/mol. The highest BCUT2D eigenvalue weighted by Crippen LogP contribution is 2.32. The second-order valence-corrected chi connectivity index (χ2v) is 5.92. The van der Waals surface area contributed by atoms with Crippen LogP contribution < -0.4 is 11.3 Å². The van der Waals surface area contributed by atoms with Crippen molar-refractivity contribution in [3.63, 3.8) is 0 Å². The lowest BCUT2D eigenvalue weighted by Crippen LogP contribution is -2.29. The highest BCUT2D eigenvalue weighted by molar-refractivity contribution is 9.10. The van der Waals surface area contributed by atoms with Gasteiger partial charge in [0.15, 0.2) is 0 Å². The molecule has 0 radical (unpaired) electrons. The van der Waals surface area contributed by atoms with Gasteiger partial charge in [0.25, 0.3) is 0 Å². The Bertz CT molecular complexity index is 781. The Hall–Kier alpha value is -1.75. The van der Waals surface area contributed by atoms with Crippen molar-refractivity contribution in [1.29, 1.82) is 0 Å². The number of nitrogens with one attached hydrogen (secondary N) is 1. The first-order valence-electron chi connectivity index (χ1n) is 6.75. The summed E-state index contributed by atoms with van der Waals surface area (Å²) in [6.07, 6.45) is 3.69. The Balaban J connectivity index is 2.18. The number of aromatic nitrogens is 1. The van der Waals surface area contributed by atoms with Crippen LogP contribution in [0.15, 0.2) is 59.3 Å². The number of fused-ring (bicyclic) bond motifs is 1. The summed E-state index contributed by atoms with van der Waals surface area (Å²) in [7, 11) is 0. The van der Waals surface area contributed by atoms with E-state index in [1.807, 2.05) is 18.3 Å². The molecule has 2 aromatic carbocycles. The molecule has 1 aromatic heterocycles. The van der Waals surface area contributed by atoms with Crippen LogP contribution in [0.2, 0.25) is 0 Å². The molecule has 1 heterocycles. The van der Waals surface area contributed by atoms with Gasteiger partial charge >= 0.3 is 0 Å². The minimum absolute atomic E-state index is 0.0899. The second kappa shape index (κ2) is 5.93. The van der Waals surface area contributed by atoms with Gasteiger partial charge in [-0.15, -0.1) is 0 Å². The summed E-state index contributed by atoms with van der Waals surface area (Å²) in [6.45, 7) is 2.07. The van der Waals surface area contributed by atoms with E-state index in [9.17, 15) is 0 Å². The molecule has 1 unspecified atom stereocenters. The van der Waals surface area contributed by atoms with Crippen LogP contribution in [0, 0.1) is 6.92 Å². The number of hydrogen-bond donors (Lipinski definition) is 2. The molecule has 0 bridgehead atoms. The molecule has 4 heteroatoms. The van der Waals surface area contributed by atoms with Crippen LogP contribution in [0.4, 0.5) is 0 Å². The van der Waals surface area contributed by atoms with Crippen LogP contribution >= 0.6 is 15.9 Å². The van der Waals surface area contributed by atoms with Gasteiger partial charge < -0.3 is 0 Å². The van der Waals surface area contributed by atoms with Gasteiger partial charge in [0.05, 0.1) is 6.04 Å². The SMILES string of the molecule is Cc1ccc(C(NN)c2cccc3ccncc23)c(Br)c1. The third kappa shape index (κ3) is 2.70. The Morgan fingerprint density at radius 1 is 1.14 bits per heavy atom. The molecule has 3 rings (SSSR count). The average molecular weight is 342 g/mol. The summed E-state index contributed by atoms with van der Waals surface area (Å²) in [5.41, 5.74) is 6.37. The van der Waals surface area contributed by atoms with Crippen molar-refractivity contribution in [2.75, 3.05) is 0 Å². The fourth-order valence-corrected chi connectivity index (χ4v) is 3.32. The number of rotatable bonds is 3. The summed E-state index contributed by atoms with van der Waals surface area (Å²) in [6, 6.07) is 14.4. The Labute approximate surface area is 132 Å². The van der Waals surface area contributed by atoms with E-state index in [0.29, 0.717) is 0 Å². The standard InChI is InChI=1S/C17H16BrN3/c1-11-5-6-14(16(18)9-11)17(21-19)13-4-2-3-12-7-8-20-10-15(12)13/h2-10,17,21H,19H2,1H3. The maximum absolute atomic E-state index is 5.84. The van der Waals surface area contributed by atoms with Crippen LogP contribution in [0.5, 0.6) is 0 Å². The van der Waals surface area contributed by atoms with Crippen LogP contribution in [-0.4, -0.2) is 4.98 Å². The summed E-state index contributed by atoms with van der Waals surface area (Å²) >= 11 is 3.64. The number of hydrazine groups is 1. The minimum Gasteiger partial charge on any atom is -0.271 e. The van der Waals surface area contributed by atoms with Crippen molar-refractivity contribution in [1.82, 2.24) is 10.4 Å². The number of nitrogens with zero attached hydrogens (tertiary/aromatic N) is 1. The van der Waals surface area contributed by atoms with Gasteiger partial charge in [0, 0.05) is 22.3 Å². The molecule has 3 N–H and O–H groups in total. The maximum Gasteiger partial charge on any atom is 0.0727 e. The van der Waals surface area contributed by atoms with E-state index in [4.69, 9.17) is 5.84 Å². The van der Waals surface area contributed by atoms with Crippen LogP contribution in [0.3, 0.4) is 0 Å². The quantitative estimate of drug-likeness (QED) is 0.561. The number of hydrogen-bond acceptors (Lipinski definition) is 3. The van der Waals surface area contributed by atoms with Gasteiger partial charge in [0.2, 0.25) is 0 Å². The molecule has 0 fully saturated rings. The molecule has 0 aliphatic heterocycles. The molecule has 0 saturated heterocycles. The van der Waals surface area contributed by atoms with Gasteiger partial charge in [-0.1, -0.05) is 46.3 Å². The van der Waals surface area contributed by atoms with E-state index < -0.39 is 0 Å². The zero-order chi connectivity index (χ0) is 14.8. The first-order valence-corrected chi connectivity index (χ1v) is 7.55. The first-order chi connectivity index (χ1) is 10.2. The number of halogens is 1. The number of benzene rings is 2. The molecule has 0 saturated carbocycles. The summed E-state index contributed by atoms with van der Waals surface area (Å²) in [4.78, 5) is 4.24. The molecule has 21 heavy (non-hydrogen) atoms. The highest BCUT2D eigenvalue weighted by atomic mass is 79.9. The third-order valence-corrected chi connectivity index (χ3v) is 4.35. The molecule has 0 amide bonds. The lowest BCUT2D eigenvalue weighted by molar-refractivity contribution is 0.638. The minimum atomic E-state index is -0.0899. The zero-order valence-electron chi connectivity index (χ0n) is 11.7. The monoisotopic (exact) mass is 341 g/mol. The summed E-state index contributed by atoms with van der Waals surface area (Å²) in [5, 5.41) is 2.27. The predicted octanol–water partition coefficient (Wildman–Crippen LogP) is 3.86. The Morgan fingerprint density at radius 2 is 2.00 bits per heavy atom. The fourth-order valence-electron chi connectivity index (χ4n) is 2.60. The average Bonchev–Trinajstić information content (AvgIpc) is 2.50. The number of pyridine rings is 1. The smallest absolute Gasteiger partial charge is 0.0727 e. The highest BCUT2D eigenvalue weighted by Gasteiger charge is 2.17. The second-order valence-electron chi connectivity index (χ2n) is 5.07. The summed E-state index contributed by atoms with van der Waals surface area (Å²) < 4.78 is 1.05. The van der Waals surface area contributed by atoms with E-state index in [1.165, 1.54) is 5.56 Å². The van der Waals surface area contributed by atoms with Crippen LogP contribution in [0.1, 0.15) is 22.7 Å². The molecule has 3 aromatic rings. The van der Waals surface area contributed by atoms with E-state index in [-0.39, 0.29) is 6.04 Å². The van der Waals surface area contributed by atoms with Crippen molar-refractivity contribution < 1.29 is 0 Å². The summed E-state index contributed by atoms with van der Waals surface area (Å²) in [5.74, 6) is 5.84. The molecule has 3 nitrogen and oxygen atoms in total. The normalized spacial score (nSPS) is 12.5. The molecule has 0 aliphatic carbocycles. The molecular formula is C17H16BrN3. The lowest BCUT2D eigenvalue weighted by Gasteiger charge is -2.20. The van der Waals surface area contributed by atoms with Gasteiger partial charge in [-0.2, -0.15) is 0 Å². The van der Waals surface area contributed by atoms with Gasteiger partial charge in [-0.05, 0) is 41.1 Å². The number of nitrogens with two attached hydrogens (primary N) is 1. The maximum atomic E-state index is 5.84. The molecule has 0 aliphatic rings. The largest absolute Gasteiger partial charge is 0.271 e. The fraction of sp³-hybridized carbons (Fsp3) is 0.118. The van der Waals surface area contributed by atoms with E-state index >= 15 is 0 Å². The lowest BCUT2D eigenvalue weighted by atomic mass is 9.94. The van der Waals surface area contributed by atoms with Crippen molar-refractivity contribution >= 4 is 26.7 Å².